The highest BCUT2D eigenvalue weighted by molar-refractivity contribution is 5.32. The quantitative estimate of drug-likeness (QED) is 0.582. The van der Waals surface area contributed by atoms with Crippen LogP contribution in [0.5, 0.6) is 0 Å². The fourth-order valence-corrected chi connectivity index (χ4v) is 11.5. The van der Waals surface area contributed by atoms with Crippen LogP contribution in [0.4, 0.5) is 0 Å². The van der Waals surface area contributed by atoms with Crippen LogP contribution in [0.2, 0.25) is 0 Å². The number of hydrogen-bond acceptors (Lipinski definition) is 4. The minimum atomic E-state index is -0.446. The third-order valence-electron chi connectivity index (χ3n) is 13.1. The van der Waals surface area contributed by atoms with E-state index in [1.54, 1.807) is 0 Å². The van der Waals surface area contributed by atoms with E-state index in [4.69, 9.17) is 4.74 Å². The summed E-state index contributed by atoms with van der Waals surface area (Å²) in [5, 5.41) is 32.6. The molecule has 4 heteroatoms. The average molecular weight is 433 g/mol. The molecule has 31 heavy (non-hydrogen) atoms. The van der Waals surface area contributed by atoms with Gasteiger partial charge in [0, 0.05) is 5.41 Å². The van der Waals surface area contributed by atoms with Crippen LogP contribution < -0.4 is 0 Å². The van der Waals surface area contributed by atoms with E-state index in [1.807, 2.05) is 0 Å². The molecule has 6 aliphatic rings. The number of aliphatic hydroxyl groups is 3. The second kappa shape index (κ2) is 6.09. The first kappa shape index (κ1) is 21.4. The maximum absolute atomic E-state index is 11.9. The Morgan fingerprint density at radius 1 is 0.903 bits per heavy atom. The summed E-state index contributed by atoms with van der Waals surface area (Å²) in [6.45, 7) is 11.9. The molecule has 0 aromatic heterocycles. The van der Waals surface area contributed by atoms with Crippen molar-refractivity contribution in [2.24, 2.45) is 50.7 Å². The summed E-state index contributed by atoms with van der Waals surface area (Å²) in [6.07, 6.45) is 8.31. The molecule has 12 atom stereocenters. The van der Waals surface area contributed by atoms with E-state index >= 15 is 0 Å². The number of rotatable bonds is 1. The Balaban J connectivity index is 1.41. The second-order valence-corrected chi connectivity index (χ2v) is 13.8. The summed E-state index contributed by atoms with van der Waals surface area (Å²) < 4.78 is 6.41. The molecule has 176 valence electrons. The van der Waals surface area contributed by atoms with Crippen LogP contribution in [-0.2, 0) is 4.74 Å². The van der Waals surface area contributed by atoms with Gasteiger partial charge in [-0.2, -0.15) is 0 Å². The van der Waals surface area contributed by atoms with Gasteiger partial charge in [-0.3, -0.25) is 0 Å². The summed E-state index contributed by atoms with van der Waals surface area (Å²) in [7, 11) is 0. The van der Waals surface area contributed by atoms with E-state index in [9.17, 15) is 15.3 Å². The molecular weight excluding hydrogens is 388 g/mol. The van der Waals surface area contributed by atoms with E-state index in [0.717, 1.165) is 12.8 Å². The zero-order chi connectivity index (χ0) is 22.2. The van der Waals surface area contributed by atoms with Gasteiger partial charge in [0.05, 0.1) is 31.0 Å². The Morgan fingerprint density at radius 2 is 1.58 bits per heavy atom. The van der Waals surface area contributed by atoms with E-state index in [2.05, 4.69) is 34.6 Å². The summed E-state index contributed by atoms with van der Waals surface area (Å²) >= 11 is 0. The van der Waals surface area contributed by atoms with E-state index < -0.39 is 6.10 Å². The molecule has 5 saturated carbocycles. The maximum atomic E-state index is 11.9. The molecule has 6 rings (SSSR count). The summed E-state index contributed by atoms with van der Waals surface area (Å²) in [4.78, 5) is 0. The zero-order valence-electron chi connectivity index (χ0n) is 20.2. The van der Waals surface area contributed by atoms with Gasteiger partial charge in [-0.1, -0.05) is 34.6 Å². The lowest BCUT2D eigenvalue weighted by Gasteiger charge is -2.63. The number of fused-ring (bicyclic) bond motifs is 4. The Kier molecular flexibility index (Phi) is 4.20. The van der Waals surface area contributed by atoms with Crippen LogP contribution in [0.15, 0.2) is 0 Å². The summed E-state index contributed by atoms with van der Waals surface area (Å²) in [5.74, 6) is 2.01. The highest BCUT2D eigenvalue weighted by Gasteiger charge is 2.84. The second-order valence-electron chi connectivity index (χ2n) is 13.8. The molecule has 1 heterocycles. The average Bonchev–Trinajstić information content (AvgIpc) is 3.36. The highest BCUT2D eigenvalue weighted by Crippen LogP contribution is 2.89. The van der Waals surface area contributed by atoms with Crippen molar-refractivity contribution in [3.63, 3.8) is 0 Å². The minimum Gasteiger partial charge on any atom is -0.394 e. The van der Waals surface area contributed by atoms with Crippen LogP contribution in [0.1, 0.15) is 86.0 Å². The van der Waals surface area contributed by atoms with Gasteiger partial charge in [-0.15, -0.1) is 0 Å². The number of hydrogen-bond donors (Lipinski definition) is 3. The standard InChI is InChI=1S/C27H44O4/c1-15-12-16(13-28)31-21-20(15)24(4)10-11-27-14-26(27)9-8-19(29)23(2,3)17(26)6-7-18(27)25(24,5)22(21)30/h15-22,28-30H,6-14H2,1-5H3/t15-,16-,17+,18+,19+,20?,21?,22+,24-,25-,26-,27+/m1/s1. The van der Waals surface area contributed by atoms with Gasteiger partial charge >= 0.3 is 0 Å². The van der Waals surface area contributed by atoms with Crippen LogP contribution in [0.3, 0.4) is 0 Å². The third-order valence-corrected chi connectivity index (χ3v) is 13.1. The van der Waals surface area contributed by atoms with Crippen LogP contribution in [0, 0.1) is 50.7 Å². The highest BCUT2D eigenvalue weighted by atomic mass is 16.5. The first-order valence-electron chi connectivity index (χ1n) is 13.1. The minimum absolute atomic E-state index is 0.00261. The fraction of sp³-hybridized carbons (Fsp3) is 1.00. The van der Waals surface area contributed by atoms with E-state index in [-0.39, 0.29) is 41.2 Å². The Bertz CT molecular complexity index is 781. The molecule has 3 N–H and O–H groups in total. The lowest BCUT2D eigenvalue weighted by molar-refractivity contribution is -0.182. The monoisotopic (exact) mass is 432 g/mol. The first-order chi connectivity index (χ1) is 14.5. The van der Waals surface area contributed by atoms with Crippen molar-refractivity contribution in [1.29, 1.82) is 0 Å². The molecule has 0 radical (unpaired) electrons. The molecule has 4 nitrogen and oxygen atoms in total. The molecule has 0 amide bonds. The zero-order valence-corrected chi connectivity index (χ0v) is 20.2. The van der Waals surface area contributed by atoms with Gasteiger partial charge in [0.1, 0.15) is 0 Å². The predicted molar refractivity (Wildman–Crippen MR) is 119 cm³/mol. The molecule has 5 aliphatic carbocycles. The van der Waals surface area contributed by atoms with Crippen molar-refractivity contribution in [2.75, 3.05) is 6.61 Å². The Labute approximate surface area is 188 Å². The molecule has 0 aromatic carbocycles. The summed E-state index contributed by atoms with van der Waals surface area (Å²) in [5.41, 5.74) is 0.704. The molecule has 1 aliphatic heterocycles. The molecule has 0 bridgehead atoms. The molecule has 6 fully saturated rings. The Hall–Kier alpha value is -0.160. The topological polar surface area (TPSA) is 69.9 Å². The van der Waals surface area contributed by atoms with Gasteiger partial charge in [0.2, 0.25) is 0 Å². The molecule has 2 unspecified atom stereocenters. The van der Waals surface area contributed by atoms with Crippen LogP contribution in [0.25, 0.3) is 0 Å². The van der Waals surface area contributed by atoms with Crippen LogP contribution >= 0.6 is 0 Å². The van der Waals surface area contributed by atoms with Gasteiger partial charge in [0.15, 0.2) is 0 Å². The predicted octanol–water partition coefficient (Wildman–Crippen LogP) is 4.15. The van der Waals surface area contributed by atoms with Gasteiger partial charge in [0.25, 0.3) is 0 Å². The smallest absolute Gasteiger partial charge is 0.0880 e. The number of aliphatic hydroxyl groups excluding tert-OH is 3. The van der Waals surface area contributed by atoms with Crippen molar-refractivity contribution in [2.45, 2.75) is 110 Å². The van der Waals surface area contributed by atoms with Gasteiger partial charge in [-0.25, -0.2) is 0 Å². The van der Waals surface area contributed by atoms with Crippen LogP contribution in [-0.4, -0.2) is 46.3 Å². The van der Waals surface area contributed by atoms with Gasteiger partial charge in [-0.05, 0) is 96.7 Å². The Morgan fingerprint density at radius 3 is 2.29 bits per heavy atom. The molecule has 1 saturated heterocycles. The largest absolute Gasteiger partial charge is 0.394 e. The molecular formula is C27H44O4. The molecule has 0 aromatic rings. The van der Waals surface area contributed by atoms with E-state index in [1.165, 1.54) is 38.5 Å². The van der Waals surface area contributed by atoms with Crippen molar-refractivity contribution in [3.05, 3.63) is 0 Å². The fourth-order valence-electron chi connectivity index (χ4n) is 11.5. The first-order valence-corrected chi connectivity index (χ1v) is 13.1. The number of ether oxygens (including phenoxy) is 1. The SMILES string of the molecule is C[C@@H]1C[C@H](CO)OC2C1[C@@]1(C)CC[C@@]34C[C@@]35CC[C@H](O)C(C)(C)[C@@H]5CC[C@H]4[C@]1(C)[C@H]2O. The van der Waals surface area contributed by atoms with Crippen molar-refractivity contribution in [3.8, 4) is 0 Å². The van der Waals surface area contributed by atoms with Gasteiger partial charge < -0.3 is 20.1 Å². The van der Waals surface area contributed by atoms with E-state index in [0.29, 0.717) is 34.5 Å². The molecule has 2 spiro atoms. The third kappa shape index (κ3) is 2.14. The van der Waals surface area contributed by atoms with Crippen molar-refractivity contribution >= 4 is 0 Å². The summed E-state index contributed by atoms with van der Waals surface area (Å²) in [6, 6.07) is 0. The lowest BCUT2D eigenvalue weighted by atomic mass is 9.41. The maximum Gasteiger partial charge on any atom is 0.0880 e. The lowest BCUT2D eigenvalue weighted by Crippen LogP contribution is -2.59. The van der Waals surface area contributed by atoms with Crippen molar-refractivity contribution < 1.29 is 20.1 Å². The normalized spacial score (nSPS) is 63.9. The van der Waals surface area contributed by atoms with Crippen molar-refractivity contribution in [1.82, 2.24) is 0 Å².